The predicted octanol–water partition coefficient (Wildman–Crippen LogP) is 1.87. The maximum atomic E-state index is 12.6. The zero-order valence-corrected chi connectivity index (χ0v) is 17.8. The molecule has 1 aliphatic carbocycles. The van der Waals surface area contributed by atoms with Crippen molar-refractivity contribution in [2.75, 3.05) is 39.5 Å². The molecule has 0 radical (unpaired) electrons. The molecule has 9 heteroatoms. The highest BCUT2D eigenvalue weighted by Crippen LogP contribution is 2.19. The number of sulfonamides is 1. The Morgan fingerprint density at radius 2 is 1.83 bits per heavy atom. The number of hydrogen-bond acceptors (Lipinski definition) is 6. The van der Waals surface area contributed by atoms with Gasteiger partial charge in [0.1, 0.15) is 0 Å². The molecule has 1 aliphatic heterocycles. The maximum absolute atomic E-state index is 12.6. The van der Waals surface area contributed by atoms with E-state index in [0.717, 1.165) is 19.3 Å². The van der Waals surface area contributed by atoms with E-state index in [1.807, 2.05) is 0 Å². The van der Waals surface area contributed by atoms with Gasteiger partial charge in [0.15, 0.2) is 6.61 Å². The average Bonchev–Trinajstić information content (AvgIpc) is 2.79. The summed E-state index contributed by atoms with van der Waals surface area (Å²) in [5.74, 6) is -1.03. The molecule has 3 rings (SSSR count). The third-order valence-electron chi connectivity index (χ3n) is 5.19. The van der Waals surface area contributed by atoms with Crippen LogP contribution in [0.15, 0.2) is 40.8 Å². The third kappa shape index (κ3) is 6.13. The number of morpholine rings is 1. The lowest BCUT2D eigenvalue weighted by Gasteiger charge is -2.26. The fraction of sp³-hybridized carbons (Fsp3) is 0.524. The summed E-state index contributed by atoms with van der Waals surface area (Å²) in [7, 11) is -3.62. The van der Waals surface area contributed by atoms with E-state index in [-0.39, 0.29) is 23.0 Å². The predicted molar refractivity (Wildman–Crippen MR) is 110 cm³/mol. The van der Waals surface area contributed by atoms with Gasteiger partial charge in [0, 0.05) is 19.6 Å². The van der Waals surface area contributed by atoms with Crippen molar-refractivity contribution in [1.82, 2.24) is 9.62 Å². The van der Waals surface area contributed by atoms with Crippen molar-refractivity contribution < 1.29 is 27.5 Å². The Kier molecular flexibility index (Phi) is 8.01. The Morgan fingerprint density at radius 1 is 1.10 bits per heavy atom. The molecule has 0 aromatic heterocycles. The molecule has 1 aromatic carbocycles. The van der Waals surface area contributed by atoms with Crippen molar-refractivity contribution in [3.63, 3.8) is 0 Å². The molecule has 1 heterocycles. The van der Waals surface area contributed by atoms with Gasteiger partial charge in [-0.3, -0.25) is 4.79 Å². The zero-order chi connectivity index (χ0) is 21.4. The van der Waals surface area contributed by atoms with Gasteiger partial charge < -0.3 is 14.8 Å². The van der Waals surface area contributed by atoms with Crippen LogP contribution in [0.1, 0.15) is 42.5 Å². The zero-order valence-electron chi connectivity index (χ0n) is 17.0. The normalized spacial score (nSPS) is 17.8. The van der Waals surface area contributed by atoms with Gasteiger partial charge >= 0.3 is 5.97 Å². The van der Waals surface area contributed by atoms with Crippen LogP contribution >= 0.6 is 0 Å². The summed E-state index contributed by atoms with van der Waals surface area (Å²) in [4.78, 5) is 24.1. The number of carbonyl (C=O) groups is 2. The standard InChI is InChI=1S/C21H28N2O6S/c24-20(22-11-10-17-4-2-1-3-5-17)16-29-21(25)18-6-8-19(9-7-18)30(26,27)23-12-14-28-15-13-23/h4,6-9H,1-3,5,10-16H2,(H,22,24). The van der Waals surface area contributed by atoms with Crippen LogP contribution in [0.2, 0.25) is 0 Å². The monoisotopic (exact) mass is 436 g/mol. The van der Waals surface area contributed by atoms with Gasteiger partial charge in [0.2, 0.25) is 10.0 Å². The minimum Gasteiger partial charge on any atom is -0.452 e. The first-order valence-electron chi connectivity index (χ1n) is 10.3. The van der Waals surface area contributed by atoms with Gasteiger partial charge in [-0.05, 0) is 56.4 Å². The second-order valence-electron chi connectivity index (χ2n) is 7.33. The number of hydrogen-bond donors (Lipinski definition) is 1. The Morgan fingerprint density at radius 3 is 2.50 bits per heavy atom. The van der Waals surface area contributed by atoms with Crippen molar-refractivity contribution in [1.29, 1.82) is 0 Å². The Labute approximate surface area is 177 Å². The summed E-state index contributed by atoms with van der Waals surface area (Å²) in [6, 6.07) is 5.53. The van der Waals surface area contributed by atoms with E-state index >= 15 is 0 Å². The number of allylic oxidation sites excluding steroid dienone is 1. The number of amides is 1. The molecule has 2 aliphatic rings. The average molecular weight is 437 g/mol. The van der Waals surface area contributed by atoms with Gasteiger partial charge in [-0.1, -0.05) is 11.6 Å². The lowest BCUT2D eigenvalue weighted by Crippen LogP contribution is -2.40. The van der Waals surface area contributed by atoms with Crippen LogP contribution in [0.25, 0.3) is 0 Å². The molecule has 1 aromatic rings. The molecule has 30 heavy (non-hydrogen) atoms. The molecule has 8 nitrogen and oxygen atoms in total. The molecule has 1 amide bonds. The molecular formula is C21H28N2O6S. The molecule has 164 valence electrons. The van der Waals surface area contributed by atoms with Gasteiger partial charge in [0.05, 0.1) is 23.7 Å². The number of rotatable bonds is 8. The third-order valence-corrected chi connectivity index (χ3v) is 7.10. The van der Waals surface area contributed by atoms with E-state index in [1.54, 1.807) is 0 Å². The molecule has 0 spiro atoms. The van der Waals surface area contributed by atoms with Crippen molar-refractivity contribution >= 4 is 21.9 Å². The Bertz CT molecular complexity index is 873. The lowest BCUT2D eigenvalue weighted by atomic mass is 9.97. The van der Waals surface area contributed by atoms with Crippen LogP contribution in [0.3, 0.4) is 0 Å². The number of esters is 1. The number of ether oxygens (including phenoxy) is 2. The van der Waals surface area contributed by atoms with E-state index in [4.69, 9.17) is 9.47 Å². The minimum atomic E-state index is -3.62. The van der Waals surface area contributed by atoms with Crippen molar-refractivity contribution in [2.45, 2.75) is 37.0 Å². The molecule has 1 saturated heterocycles. The van der Waals surface area contributed by atoms with Crippen LogP contribution in [0.5, 0.6) is 0 Å². The van der Waals surface area contributed by atoms with Crippen LogP contribution < -0.4 is 5.32 Å². The molecule has 0 atom stereocenters. The van der Waals surface area contributed by atoms with E-state index in [9.17, 15) is 18.0 Å². The highest BCUT2D eigenvalue weighted by molar-refractivity contribution is 7.89. The smallest absolute Gasteiger partial charge is 0.338 e. The van der Waals surface area contributed by atoms with Gasteiger partial charge in [-0.2, -0.15) is 4.31 Å². The minimum absolute atomic E-state index is 0.107. The quantitative estimate of drug-likeness (QED) is 0.493. The van der Waals surface area contributed by atoms with Crippen LogP contribution in [0.4, 0.5) is 0 Å². The van der Waals surface area contributed by atoms with Gasteiger partial charge in [0.25, 0.3) is 5.91 Å². The fourth-order valence-electron chi connectivity index (χ4n) is 3.46. The summed E-state index contributed by atoms with van der Waals surface area (Å²) in [5, 5.41) is 2.75. The first kappa shape index (κ1) is 22.5. The number of carbonyl (C=O) groups excluding carboxylic acids is 2. The second kappa shape index (κ2) is 10.7. The summed E-state index contributed by atoms with van der Waals surface area (Å²) in [6.07, 6.45) is 7.67. The van der Waals surface area contributed by atoms with Gasteiger partial charge in [-0.15, -0.1) is 0 Å². The summed E-state index contributed by atoms with van der Waals surface area (Å²) >= 11 is 0. The summed E-state index contributed by atoms with van der Waals surface area (Å²) < 4.78 is 36.8. The lowest BCUT2D eigenvalue weighted by molar-refractivity contribution is -0.124. The van der Waals surface area contributed by atoms with E-state index < -0.39 is 16.0 Å². The van der Waals surface area contributed by atoms with Crippen molar-refractivity contribution in [2.24, 2.45) is 0 Å². The molecule has 0 saturated carbocycles. The van der Waals surface area contributed by atoms with E-state index in [1.165, 1.54) is 47.0 Å². The highest BCUT2D eigenvalue weighted by Gasteiger charge is 2.26. The van der Waals surface area contributed by atoms with Gasteiger partial charge in [-0.25, -0.2) is 13.2 Å². The molecule has 1 fully saturated rings. The molecular weight excluding hydrogens is 408 g/mol. The largest absolute Gasteiger partial charge is 0.452 e. The van der Waals surface area contributed by atoms with E-state index in [2.05, 4.69) is 11.4 Å². The maximum Gasteiger partial charge on any atom is 0.338 e. The van der Waals surface area contributed by atoms with Crippen LogP contribution in [0, 0.1) is 0 Å². The first-order valence-corrected chi connectivity index (χ1v) is 11.7. The van der Waals surface area contributed by atoms with Crippen molar-refractivity contribution in [3.8, 4) is 0 Å². The van der Waals surface area contributed by atoms with Crippen LogP contribution in [-0.4, -0.2) is 64.1 Å². The number of nitrogens with one attached hydrogen (secondary N) is 1. The Hall–Kier alpha value is -2.23. The summed E-state index contributed by atoms with van der Waals surface area (Å²) in [5.41, 5.74) is 1.56. The number of benzene rings is 1. The van der Waals surface area contributed by atoms with Crippen molar-refractivity contribution in [3.05, 3.63) is 41.5 Å². The molecule has 1 N–H and O–H groups in total. The van der Waals surface area contributed by atoms with E-state index in [0.29, 0.717) is 32.8 Å². The summed E-state index contributed by atoms with van der Waals surface area (Å²) in [6.45, 7) is 1.49. The second-order valence-corrected chi connectivity index (χ2v) is 9.26. The SMILES string of the molecule is O=C(COC(=O)c1ccc(S(=O)(=O)N2CCOCC2)cc1)NCCC1=CCCCC1. The van der Waals surface area contributed by atoms with Crippen LogP contribution in [-0.2, 0) is 24.3 Å². The molecule has 0 unspecified atom stereocenters. The highest BCUT2D eigenvalue weighted by atomic mass is 32.2. The fourth-order valence-corrected chi connectivity index (χ4v) is 4.87. The number of nitrogens with zero attached hydrogens (tertiary/aromatic N) is 1. The first-order chi connectivity index (χ1) is 14.5. The Balaban J connectivity index is 1.45. The topological polar surface area (TPSA) is 102 Å². The molecule has 0 bridgehead atoms.